The molecule has 2 aromatic heterocycles. The molecule has 1 aliphatic rings. The fraction of sp³-hybridized carbons (Fsp3) is 0.333. The highest BCUT2D eigenvalue weighted by Gasteiger charge is 2.28. The van der Waals surface area contributed by atoms with Crippen molar-refractivity contribution in [1.29, 1.82) is 0 Å². The van der Waals surface area contributed by atoms with E-state index in [0.717, 1.165) is 17.9 Å². The van der Waals surface area contributed by atoms with E-state index in [1.807, 2.05) is 17.0 Å². The van der Waals surface area contributed by atoms with E-state index in [2.05, 4.69) is 15.0 Å². The van der Waals surface area contributed by atoms with Gasteiger partial charge >= 0.3 is 5.97 Å². The lowest BCUT2D eigenvalue weighted by atomic mass is 10.1. The second-order valence-corrected chi connectivity index (χ2v) is 4.34. The van der Waals surface area contributed by atoms with Crippen molar-refractivity contribution < 1.29 is 9.90 Å². The summed E-state index contributed by atoms with van der Waals surface area (Å²) < 4.78 is 0. The van der Waals surface area contributed by atoms with Crippen molar-refractivity contribution in [3.63, 3.8) is 0 Å². The molecule has 0 aliphatic carbocycles. The molecule has 6 nitrogen and oxygen atoms in total. The predicted octanol–water partition coefficient (Wildman–Crippen LogP) is 0.936. The maximum Gasteiger partial charge on any atom is 0.308 e. The first-order valence-corrected chi connectivity index (χ1v) is 5.79. The number of nitrogens with zero attached hydrogens (tertiary/aromatic N) is 4. The monoisotopic (exact) mass is 244 g/mol. The minimum atomic E-state index is -0.738. The summed E-state index contributed by atoms with van der Waals surface area (Å²) >= 11 is 0. The van der Waals surface area contributed by atoms with Gasteiger partial charge in [-0.2, -0.15) is 0 Å². The lowest BCUT2D eigenvalue weighted by molar-refractivity contribution is -0.140. The molecule has 1 atom stereocenters. The number of anilines is 1. The molecule has 0 radical (unpaired) electrons. The highest BCUT2D eigenvalue weighted by atomic mass is 16.4. The number of carboxylic acids is 1. The molecule has 0 bridgehead atoms. The summed E-state index contributed by atoms with van der Waals surface area (Å²) in [5.74, 6) is -0.269. The van der Waals surface area contributed by atoms with Gasteiger partial charge in [0.1, 0.15) is 11.3 Å². The number of aromatic nitrogens is 3. The summed E-state index contributed by atoms with van der Waals surface area (Å²) in [6.07, 6.45) is 3.89. The van der Waals surface area contributed by atoms with E-state index < -0.39 is 5.97 Å². The van der Waals surface area contributed by atoms with Crippen molar-refractivity contribution in [1.82, 2.24) is 15.0 Å². The Kier molecular flexibility index (Phi) is 2.55. The third-order valence-electron chi connectivity index (χ3n) is 3.18. The lowest BCUT2D eigenvalue weighted by Crippen LogP contribution is -2.23. The van der Waals surface area contributed by atoms with E-state index in [9.17, 15) is 4.79 Å². The van der Waals surface area contributed by atoms with Gasteiger partial charge in [-0.05, 0) is 18.6 Å². The van der Waals surface area contributed by atoms with Crippen LogP contribution in [0.25, 0.3) is 11.2 Å². The van der Waals surface area contributed by atoms with Crippen LogP contribution in [-0.2, 0) is 4.79 Å². The quantitative estimate of drug-likeness (QED) is 0.846. The van der Waals surface area contributed by atoms with Crippen LogP contribution in [0.4, 0.5) is 5.82 Å². The molecule has 1 aliphatic heterocycles. The van der Waals surface area contributed by atoms with Gasteiger partial charge in [0, 0.05) is 25.5 Å². The highest BCUT2D eigenvalue weighted by molar-refractivity contribution is 5.74. The summed E-state index contributed by atoms with van der Waals surface area (Å²) in [6, 6.07) is 3.72. The molecular weight excluding hydrogens is 232 g/mol. The Morgan fingerprint density at radius 1 is 1.33 bits per heavy atom. The number of carboxylic acid groups (broad SMARTS) is 1. The molecular formula is C12H12N4O2. The average molecular weight is 244 g/mol. The van der Waals surface area contributed by atoms with Crippen LogP contribution >= 0.6 is 0 Å². The summed E-state index contributed by atoms with van der Waals surface area (Å²) in [6.45, 7) is 1.23. The molecule has 92 valence electrons. The Morgan fingerprint density at radius 2 is 2.17 bits per heavy atom. The first-order chi connectivity index (χ1) is 8.74. The minimum absolute atomic E-state index is 0.302. The van der Waals surface area contributed by atoms with Gasteiger partial charge in [0.2, 0.25) is 0 Å². The first kappa shape index (κ1) is 10.9. The molecule has 18 heavy (non-hydrogen) atoms. The molecule has 0 saturated carbocycles. The van der Waals surface area contributed by atoms with Gasteiger partial charge in [-0.1, -0.05) is 0 Å². The smallest absolute Gasteiger partial charge is 0.308 e. The molecule has 1 saturated heterocycles. The van der Waals surface area contributed by atoms with E-state index in [4.69, 9.17) is 5.11 Å². The van der Waals surface area contributed by atoms with Crippen LogP contribution in [0.2, 0.25) is 0 Å². The third kappa shape index (κ3) is 1.85. The Balaban J connectivity index is 1.89. The van der Waals surface area contributed by atoms with Gasteiger partial charge in [0.25, 0.3) is 0 Å². The Morgan fingerprint density at radius 3 is 2.94 bits per heavy atom. The van der Waals surface area contributed by atoms with Gasteiger partial charge in [-0.3, -0.25) is 9.78 Å². The molecule has 0 amide bonds. The fourth-order valence-corrected chi connectivity index (χ4v) is 2.19. The van der Waals surface area contributed by atoms with Crippen LogP contribution in [0.15, 0.2) is 24.5 Å². The predicted molar refractivity (Wildman–Crippen MR) is 65.3 cm³/mol. The average Bonchev–Trinajstić information content (AvgIpc) is 2.88. The van der Waals surface area contributed by atoms with E-state index in [-0.39, 0.29) is 5.92 Å². The Hall–Kier alpha value is -2.24. The maximum absolute atomic E-state index is 10.9. The summed E-state index contributed by atoms with van der Waals surface area (Å²) in [7, 11) is 0. The van der Waals surface area contributed by atoms with Gasteiger partial charge in [-0.25, -0.2) is 9.97 Å². The highest BCUT2D eigenvalue weighted by Crippen LogP contribution is 2.23. The number of rotatable bonds is 2. The molecule has 0 spiro atoms. The van der Waals surface area contributed by atoms with Crippen molar-refractivity contribution >= 4 is 23.0 Å². The zero-order chi connectivity index (χ0) is 12.5. The van der Waals surface area contributed by atoms with Crippen LogP contribution in [0.3, 0.4) is 0 Å². The third-order valence-corrected chi connectivity index (χ3v) is 3.18. The van der Waals surface area contributed by atoms with Crippen molar-refractivity contribution in [3.05, 3.63) is 24.5 Å². The molecule has 1 fully saturated rings. The maximum atomic E-state index is 10.9. The van der Waals surface area contributed by atoms with Crippen LogP contribution in [0, 0.1) is 5.92 Å². The van der Waals surface area contributed by atoms with Crippen molar-refractivity contribution in [2.45, 2.75) is 6.42 Å². The molecule has 3 rings (SSSR count). The van der Waals surface area contributed by atoms with Crippen LogP contribution in [0.1, 0.15) is 6.42 Å². The zero-order valence-electron chi connectivity index (χ0n) is 9.65. The zero-order valence-corrected chi connectivity index (χ0v) is 9.65. The summed E-state index contributed by atoms with van der Waals surface area (Å²) in [4.78, 5) is 25.6. The fourth-order valence-electron chi connectivity index (χ4n) is 2.19. The molecule has 1 unspecified atom stereocenters. The molecule has 6 heteroatoms. The van der Waals surface area contributed by atoms with Crippen LogP contribution in [-0.4, -0.2) is 39.1 Å². The number of pyridine rings is 1. The van der Waals surface area contributed by atoms with Crippen molar-refractivity contribution in [2.24, 2.45) is 5.92 Å². The van der Waals surface area contributed by atoms with Gasteiger partial charge in [-0.15, -0.1) is 0 Å². The molecule has 3 heterocycles. The van der Waals surface area contributed by atoms with Crippen LogP contribution < -0.4 is 4.90 Å². The number of carbonyl (C=O) groups is 1. The van der Waals surface area contributed by atoms with E-state index >= 15 is 0 Å². The summed E-state index contributed by atoms with van der Waals surface area (Å²) in [5, 5.41) is 8.98. The van der Waals surface area contributed by atoms with E-state index in [1.54, 1.807) is 12.4 Å². The minimum Gasteiger partial charge on any atom is -0.481 e. The van der Waals surface area contributed by atoms with Crippen LogP contribution in [0.5, 0.6) is 0 Å². The largest absolute Gasteiger partial charge is 0.481 e. The van der Waals surface area contributed by atoms with Gasteiger partial charge in [0.05, 0.1) is 5.92 Å². The van der Waals surface area contributed by atoms with E-state index in [1.165, 1.54) is 0 Å². The number of aliphatic carboxylic acids is 1. The number of hydrogen-bond donors (Lipinski definition) is 1. The molecule has 1 N–H and O–H groups in total. The second-order valence-electron chi connectivity index (χ2n) is 4.34. The van der Waals surface area contributed by atoms with E-state index in [0.29, 0.717) is 18.6 Å². The number of hydrogen-bond acceptors (Lipinski definition) is 5. The second kappa shape index (κ2) is 4.21. The topological polar surface area (TPSA) is 79.2 Å². The van der Waals surface area contributed by atoms with Gasteiger partial charge < -0.3 is 10.0 Å². The summed E-state index contributed by atoms with van der Waals surface area (Å²) in [5.41, 5.74) is 1.34. The number of fused-ring (bicyclic) bond motifs is 1. The Bertz CT molecular complexity index is 601. The normalized spacial score (nSPS) is 19.3. The SMILES string of the molecule is O=C(O)C1CCN(c2ccc3nccnc3n2)C1. The standard InChI is InChI=1S/C12H12N4O2/c17-12(18)8-3-6-16(7-8)10-2-1-9-11(15-10)14-5-4-13-9/h1-2,4-5,8H,3,6-7H2,(H,17,18). The van der Waals surface area contributed by atoms with Crippen molar-refractivity contribution in [3.8, 4) is 0 Å². The lowest BCUT2D eigenvalue weighted by Gasteiger charge is -2.16. The molecule has 0 aromatic carbocycles. The Labute approximate surface area is 103 Å². The first-order valence-electron chi connectivity index (χ1n) is 5.79. The van der Waals surface area contributed by atoms with Gasteiger partial charge in [0.15, 0.2) is 5.65 Å². The van der Waals surface area contributed by atoms with Crippen molar-refractivity contribution in [2.75, 3.05) is 18.0 Å². The molecule has 2 aromatic rings.